The number of amides is 2. The average molecular weight is 344 g/mol. The van der Waals surface area contributed by atoms with E-state index in [-0.39, 0.29) is 24.1 Å². The molecule has 4 rings (SSSR count). The van der Waals surface area contributed by atoms with Crippen molar-refractivity contribution in [3.05, 3.63) is 35.4 Å². The lowest BCUT2D eigenvalue weighted by molar-refractivity contribution is -0.0576. The molecule has 5 nitrogen and oxygen atoms in total. The van der Waals surface area contributed by atoms with Crippen molar-refractivity contribution in [3.8, 4) is 0 Å². The van der Waals surface area contributed by atoms with Crippen LogP contribution in [0.1, 0.15) is 49.1 Å². The van der Waals surface area contributed by atoms with Gasteiger partial charge in [-0.3, -0.25) is 0 Å². The van der Waals surface area contributed by atoms with Gasteiger partial charge in [-0.2, -0.15) is 0 Å². The zero-order valence-corrected chi connectivity index (χ0v) is 14.7. The van der Waals surface area contributed by atoms with Crippen molar-refractivity contribution in [2.75, 3.05) is 19.8 Å². The number of rotatable bonds is 4. The van der Waals surface area contributed by atoms with E-state index in [1.165, 1.54) is 18.4 Å². The smallest absolute Gasteiger partial charge is 0.317 e. The molecule has 1 aromatic carbocycles. The van der Waals surface area contributed by atoms with E-state index in [0.717, 1.165) is 30.9 Å². The number of likely N-dealkylation sites (tertiary alicyclic amines) is 1. The van der Waals surface area contributed by atoms with Gasteiger partial charge >= 0.3 is 6.03 Å². The number of ether oxygens (including phenoxy) is 1. The van der Waals surface area contributed by atoms with Crippen LogP contribution in [0.3, 0.4) is 0 Å². The van der Waals surface area contributed by atoms with E-state index in [1.54, 1.807) is 0 Å². The van der Waals surface area contributed by atoms with Crippen LogP contribution >= 0.6 is 0 Å². The number of urea groups is 1. The fraction of sp³-hybridized carbons (Fsp3) is 0.650. The van der Waals surface area contributed by atoms with Gasteiger partial charge in [-0.05, 0) is 49.1 Å². The summed E-state index contributed by atoms with van der Waals surface area (Å²) in [6.45, 7) is 2.49. The van der Waals surface area contributed by atoms with Crippen LogP contribution in [0, 0.1) is 5.92 Å². The van der Waals surface area contributed by atoms with Gasteiger partial charge in [0.25, 0.3) is 0 Å². The first-order valence-corrected chi connectivity index (χ1v) is 9.61. The third kappa shape index (κ3) is 3.82. The molecule has 0 unspecified atom stereocenters. The summed E-state index contributed by atoms with van der Waals surface area (Å²) in [4.78, 5) is 14.6. The van der Waals surface area contributed by atoms with E-state index in [0.29, 0.717) is 26.2 Å². The quantitative estimate of drug-likeness (QED) is 0.883. The second kappa shape index (κ2) is 7.34. The third-order valence-electron chi connectivity index (χ3n) is 5.89. The lowest BCUT2D eigenvalue weighted by Gasteiger charge is -2.36. The Morgan fingerprint density at radius 2 is 2.00 bits per heavy atom. The lowest BCUT2D eigenvalue weighted by Crippen LogP contribution is -2.50. The van der Waals surface area contributed by atoms with Crippen molar-refractivity contribution >= 4 is 6.03 Å². The van der Waals surface area contributed by atoms with Gasteiger partial charge in [0, 0.05) is 31.7 Å². The molecule has 0 radical (unpaired) electrons. The fourth-order valence-corrected chi connectivity index (χ4v) is 4.21. The molecule has 3 fully saturated rings. The molecular weight excluding hydrogens is 316 g/mol. The molecule has 2 N–H and O–H groups in total. The molecule has 2 saturated heterocycles. The minimum atomic E-state index is -0.359. The molecule has 2 amide bonds. The molecule has 0 aromatic heterocycles. The van der Waals surface area contributed by atoms with Crippen LogP contribution in [-0.2, 0) is 11.3 Å². The van der Waals surface area contributed by atoms with Crippen molar-refractivity contribution in [3.63, 3.8) is 0 Å². The van der Waals surface area contributed by atoms with Gasteiger partial charge in [-0.1, -0.05) is 24.3 Å². The average Bonchev–Trinajstić information content (AvgIpc) is 3.37. The van der Waals surface area contributed by atoms with Crippen LogP contribution in [0.2, 0.25) is 0 Å². The number of aliphatic hydroxyl groups excluding tert-OH is 1. The summed E-state index contributed by atoms with van der Waals surface area (Å²) >= 11 is 0. The Bertz CT molecular complexity index is 599. The number of benzene rings is 1. The van der Waals surface area contributed by atoms with Gasteiger partial charge in [0.2, 0.25) is 0 Å². The highest BCUT2D eigenvalue weighted by Gasteiger charge is 2.39. The minimum Gasteiger partial charge on any atom is -0.393 e. The molecule has 2 aliphatic heterocycles. The summed E-state index contributed by atoms with van der Waals surface area (Å²) in [5, 5.41) is 13.3. The molecule has 3 aliphatic rings. The topological polar surface area (TPSA) is 61.8 Å². The van der Waals surface area contributed by atoms with E-state index in [9.17, 15) is 9.90 Å². The first-order chi connectivity index (χ1) is 12.2. The highest BCUT2D eigenvalue weighted by molar-refractivity contribution is 5.75. The predicted molar refractivity (Wildman–Crippen MR) is 95.3 cm³/mol. The Kier molecular flexibility index (Phi) is 4.95. The summed E-state index contributed by atoms with van der Waals surface area (Å²) in [7, 11) is 0. The number of carbonyl (C=O) groups excluding carboxylic acids is 1. The van der Waals surface area contributed by atoms with Crippen LogP contribution < -0.4 is 5.32 Å². The van der Waals surface area contributed by atoms with Gasteiger partial charge in [0.05, 0.1) is 12.7 Å². The number of aliphatic hydroxyl groups is 1. The standard InChI is InChI=1S/C20H28N2O3/c23-19-9-11-25-13-17(19)18-2-1-10-22(18)20(24)21-12-14-3-5-15(6-4-14)16-7-8-16/h3-6,16-19,23H,1-2,7-13H2,(H,21,24)/t17-,18+,19+/m0/s1. The van der Waals surface area contributed by atoms with Gasteiger partial charge in [0.1, 0.15) is 0 Å². The molecule has 1 aliphatic carbocycles. The van der Waals surface area contributed by atoms with E-state index in [2.05, 4.69) is 29.6 Å². The van der Waals surface area contributed by atoms with Crippen molar-refractivity contribution < 1.29 is 14.6 Å². The monoisotopic (exact) mass is 344 g/mol. The molecule has 0 bridgehead atoms. The van der Waals surface area contributed by atoms with E-state index >= 15 is 0 Å². The second-order valence-electron chi connectivity index (χ2n) is 7.67. The molecule has 1 saturated carbocycles. The molecule has 2 heterocycles. The molecule has 3 atom stereocenters. The van der Waals surface area contributed by atoms with Crippen molar-refractivity contribution in [2.45, 2.75) is 56.7 Å². The molecular formula is C20H28N2O3. The Morgan fingerprint density at radius 1 is 1.20 bits per heavy atom. The Labute approximate surface area is 149 Å². The van der Waals surface area contributed by atoms with Gasteiger partial charge in [0.15, 0.2) is 0 Å². The summed E-state index contributed by atoms with van der Waals surface area (Å²) in [6.07, 6.45) is 4.88. The van der Waals surface area contributed by atoms with E-state index in [4.69, 9.17) is 4.74 Å². The normalized spacial score (nSPS) is 29.6. The molecule has 0 spiro atoms. The highest BCUT2D eigenvalue weighted by Crippen LogP contribution is 2.39. The van der Waals surface area contributed by atoms with Gasteiger partial charge in [-0.25, -0.2) is 4.79 Å². The number of carbonyl (C=O) groups is 1. The zero-order valence-electron chi connectivity index (χ0n) is 14.7. The van der Waals surface area contributed by atoms with Gasteiger partial charge < -0.3 is 20.1 Å². The Morgan fingerprint density at radius 3 is 2.72 bits per heavy atom. The van der Waals surface area contributed by atoms with E-state index < -0.39 is 0 Å². The maximum atomic E-state index is 12.7. The van der Waals surface area contributed by atoms with Crippen LogP contribution in [0.5, 0.6) is 0 Å². The summed E-state index contributed by atoms with van der Waals surface area (Å²) in [5.41, 5.74) is 2.55. The van der Waals surface area contributed by atoms with Crippen molar-refractivity contribution in [1.82, 2.24) is 10.2 Å². The Balaban J connectivity index is 1.33. The maximum Gasteiger partial charge on any atom is 0.317 e. The van der Waals surface area contributed by atoms with Crippen molar-refractivity contribution in [1.29, 1.82) is 0 Å². The summed E-state index contributed by atoms with van der Waals surface area (Å²) in [5.74, 6) is 0.804. The summed E-state index contributed by atoms with van der Waals surface area (Å²) in [6, 6.07) is 8.68. The predicted octanol–water partition coefficient (Wildman–Crippen LogP) is 2.64. The molecule has 136 valence electrons. The Hall–Kier alpha value is -1.59. The number of nitrogens with zero attached hydrogens (tertiary/aromatic N) is 1. The maximum absolute atomic E-state index is 12.7. The second-order valence-corrected chi connectivity index (χ2v) is 7.67. The van der Waals surface area contributed by atoms with Crippen LogP contribution in [-0.4, -0.2) is 47.9 Å². The highest BCUT2D eigenvalue weighted by atomic mass is 16.5. The molecule has 5 heteroatoms. The first kappa shape index (κ1) is 16.9. The fourth-order valence-electron chi connectivity index (χ4n) is 4.21. The lowest BCUT2D eigenvalue weighted by atomic mass is 9.89. The van der Waals surface area contributed by atoms with Crippen molar-refractivity contribution in [2.24, 2.45) is 5.92 Å². The van der Waals surface area contributed by atoms with E-state index in [1.807, 2.05) is 4.90 Å². The third-order valence-corrected chi connectivity index (χ3v) is 5.89. The molecule has 25 heavy (non-hydrogen) atoms. The number of hydrogen-bond donors (Lipinski definition) is 2. The SMILES string of the molecule is O=C(NCc1ccc(C2CC2)cc1)N1CCC[C@@H]1[C@@H]1COCC[C@H]1O. The number of hydrogen-bond acceptors (Lipinski definition) is 3. The van der Waals surface area contributed by atoms with Crippen LogP contribution in [0.15, 0.2) is 24.3 Å². The first-order valence-electron chi connectivity index (χ1n) is 9.61. The van der Waals surface area contributed by atoms with Crippen LogP contribution in [0.25, 0.3) is 0 Å². The number of nitrogens with one attached hydrogen (secondary N) is 1. The minimum absolute atomic E-state index is 0.0217. The zero-order chi connectivity index (χ0) is 17.2. The largest absolute Gasteiger partial charge is 0.393 e. The van der Waals surface area contributed by atoms with Gasteiger partial charge in [-0.15, -0.1) is 0 Å². The van der Waals surface area contributed by atoms with Crippen LogP contribution in [0.4, 0.5) is 4.79 Å². The molecule has 1 aromatic rings. The summed E-state index contributed by atoms with van der Waals surface area (Å²) < 4.78 is 5.54.